The lowest BCUT2D eigenvalue weighted by atomic mass is 9.96. The van der Waals surface area contributed by atoms with E-state index >= 15 is 0 Å². The first-order valence-corrected chi connectivity index (χ1v) is 10.1. The van der Waals surface area contributed by atoms with Crippen LogP contribution in [0.1, 0.15) is 41.6 Å². The highest BCUT2D eigenvalue weighted by molar-refractivity contribution is 6.04. The highest BCUT2D eigenvalue weighted by atomic mass is 16.5. The van der Waals surface area contributed by atoms with Gasteiger partial charge in [0.2, 0.25) is 0 Å². The minimum absolute atomic E-state index is 0.236. The molecule has 1 aliphatic carbocycles. The lowest BCUT2D eigenvalue weighted by Crippen LogP contribution is -2.44. The number of hydrogen-bond acceptors (Lipinski definition) is 6. The number of carbonyl (C=O) groups is 1. The topological polar surface area (TPSA) is 70.8 Å². The van der Waals surface area contributed by atoms with E-state index in [1.807, 2.05) is 25.1 Å². The van der Waals surface area contributed by atoms with Gasteiger partial charge in [-0.25, -0.2) is 0 Å². The molecule has 0 spiro atoms. The van der Waals surface area contributed by atoms with Gasteiger partial charge in [-0.05, 0) is 45.4 Å². The van der Waals surface area contributed by atoms with E-state index in [-0.39, 0.29) is 5.91 Å². The third kappa shape index (κ3) is 3.85. The van der Waals surface area contributed by atoms with Gasteiger partial charge in [0, 0.05) is 49.9 Å². The molecule has 1 amide bonds. The quantitative estimate of drug-likeness (QED) is 0.855. The summed E-state index contributed by atoms with van der Waals surface area (Å²) in [4.78, 5) is 17.5. The number of anilines is 2. The van der Waals surface area contributed by atoms with Gasteiger partial charge in [-0.1, -0.05) is 5.16 Å². The predicted octanol–water partition coefficient (Wildman–Crippen LogP) is 2.96. The molecular formula is C21H28N4O3. The Morgan fingerprint density at radius 1 is 1.21 bits per heavy atom. The standard InChI is InChI=1S/C21H28N4O3/c1-3-27-19-14-15(25-12-10-24(2)11-13-25)8-9-17(19)22-21(26)20-16-6-4-5-7-18(16)28-23-20/h8-9,14H,3-7,10-13H2,1-2H3,(H,22,26). The fourth-order valence-electron chi connectivity index (χ4n) is 3.90. The van der Waals surface area contributed by atoms with E-state index in [0.29, 0.717) is 23.7 Å². The molecule has 1 N–H and O–H groups in total. The van der Waals surface area contributed by atoms with Gasteiger partial charge in [0.15, 0.2) is 5.69 Å². The first-order valence-electron chi connectivity index (χ1n) is 10.1. The normalized spacial score (nSPS) is 17.3. The monoisotopic (exact) mass is 384 g/mol. The number of hydrogen-bond donors (Lipinski definition) is 1. The highest BCUT2D eigenvalue weighted by Gasteiger charge is 2.25. The molecule has 28 heavy (non-hydrogen) atoms. The number of likely N-dealkylation sites (N-methyl/N-ethyl adjacent to an activating group) is 1. The molecule has 7 heteroatoms. The van der Waals surface area contributed by atoms with Crippen molar-refractivity contribution in [3.8, 4) is 5.75 Å². The Hall–Kier alpha value is -2.54. The van der Waals surface area contributed by atoms with E-state index in [4.69, 9.17) is 9.26 Å². The van der Waals surface area contributed by atoms with Crippen LogP contribution in [0.2, 0.25) is 0 Å². The number of rotatable bonds is 5. The van der Waals surface area contributed by atoms with Gasteiger partial charge in [-0.2, -0.15) is 0 Å². The average Bonchev–Trinajstić information content (AvgIpc) is 3.14. The van der Waals surface area contributed by atoms with Crippen molar-refractivity contribution in [2.75, 3.05) is 50.1 Å². The molecule has 0 saturated carbocycles. The molecule has 1 aliphatic heterocycles. The molecule has 1 fully saturated rings. The van der Waals surface area contributed by atoms with E-state index < -0.39 is 0 Å². The number of benzene rings is 1. The summed E-state index contributed by atoms with van der Waals surface area (Å²) in [7, 11) is 2.14. The van der Waals surface area contributed by atoms with Crippen molar-refractivity contribution in [1.82, 2.24) is 10.1 Å². The van der Waals surface area contributed by atoms with Crippen molar-refractivity contribution in [2.24, 2.45) is 0 Å². The van der Waals surface area contributed by atoms with Gasteiger partial charge in [0.25, 0.3) is 5.91 Å². The van der Waals surface area contributed by atoms with Crippen LogP contribution in [-0.4, -0.2) is 55.8 Å². The predicted molar refractivity (Wildman–Crippen MR) is 108 cm³/mol. The summed E-state index contributed by atoms with van der Waals surface area (Å²) in [6.45, 7) is 6.54. The van der Waals surface area contributed by atoms with E-state index in [0.717, 1.165) is 68.9 Å². The second-order valence-corrected chi connectivity index (χ2v) is 7.50. The summed E-state index contributed by atoms with van der Waals surface area (Å²) in [6, 6.07) is 5.98. The van der Waals surface area contributed by atoms with E-state index in [2.05, 4.69) is 27.3 Å². The van der Waals surface area contributed by atoms with Gasteiger partial charge in [-0.15, -0.1) is 0 Å². The molecular weight excluding hydrogens is 356 g/mol. The van der Waals surface area contributed by atoms with Gasteiger partial charge in [0.05, 0.1) is 12.3 Å². The van der Waals surface area contributed by atoms with Crippen molar-refractivity contribution in [3.05, 3.63) is 35.2 Å². The third-order valence-corrected chi connectivity index (χ3v) is 5.55. The van der Waals surface area contributed by atoms with Crippen LogP contribution in [0.25, 0.3) is 0 Å². The summed E-state index contributed by atoms with van der Waals surface area (Å²) in [5.41, 5.74) is 3.14. The largest absolute Gasteiger partial charge is 0.492 e. The van der Waals surface area contributed by atoms with Crippen molar-refractivity contribution < 1.29 is 14.1 Å². The van der Waals surface area contributed by atoms with Crippen LogP contribution < -0.4 is 15.0 Å². The molecule has 2 aliphatic rings. The Labute approximate surface area is 165 Å². The molecule has 2 aromatic rings. The van der Waals surface area contributed by atoms with Crippen LogP contribution in [0.15, 0.2) is 22.7 Å². The molecule has 7 nitrogen and oxygen atoms in total. The van der Waals surface area contributed by atoms with Gasteiger partial charge >= 0.3 is 0 Å². The molecule has 1 aromatic carbocycles. The minimum atomic E-state index is -0.236. The summed E-state index contributed by atoms with van der Waals surface area (Å²) in [5.74, 6) is 1.30. The first kappa shape index (κ1) is 18.8. The Morgan fingerprint density at radius 2 is 2.00 bits per heavy atom. The van der Waals surface area contributed by atoms with Crippen molar-refractivity contribution in [2.45, 2.75) is 32.6 Å². The highest BCUT2D eigenvalue weighted by Crippen LogP contribution is 2.32. The van der Waals surface area contributed by atoms with Crippen LogP contribution in [0.5, 0.6) is 5.75 Å². The van der Waals surface area contributed by atoms with Crippen LogP contribution in [0.4, 0.5) is 11.4 Å². The van der Waals surface area contributed by atoms with Crippen LogP contribution in [0.3, 0.4) is 0 Å². The molecule has 1 aromatic heterocycles. The minimum Gasteiger partial charge on any atom is -0.492 e. The van der Waals surface area contributed by atoms with Crippen molar-refractivity contribution in [3.63, 3.8) is 0 Å². The maximum Gasteiger partial charge on any atom is 0.278 e. The number of nitrogens with zero attached hydrogens (tertiary/aromatic N) is 3. The number of carbonyl (C=O) groups excluding carboxylic acids is 1. The molecule has 0 atom stereocenters. The second kappa shape index (κ2) is 8.22. The number of aryl methyl sites for hydroxylation is 1. The number of ether oxygens (including phenoxy) is 1. The lowest BCUT2D eigenvalue weighted by Gasteiger charge is -2.34. The van der Waals surface area contributed by atoms with Gasteiger partial charge < -0.3 is 24.4 Å². The Kier molecular flexibility index (Phi) is 5.52. The van der Waals surface area contributed by atoms with Crippen LogP contribution in [0, 0.1) is 0 Å². The molecule has 4 rings (SSSR count). The van der Waals surface area contributed by atoms with Crippen molar-refractivity contribution in [1.29, 1.82) is 0 Å². The number of aromatic nitrogens is 1. The lowest BCUT2D eigenvalue weighted by molar-refractivity contribution is 0.101. The van der Waals surface area contributed by atoms with E-state index in [9.17, 15) is 4.79 Å². The van der Waals surface area contributed by atoms with Crippen LogP contribution >= 0.6 is 0 Å². The molecule has 1 saturated heterocycles. The zero-order valence-electron chi connectivity index (χ0n) is 16.7. The zero-order chi connectivity index (χ0) is 19.5. The van der Waals surface area contributed by atoms with E-state index in [1.165, 1.54) is 0 Å². The fraction of sp³-hybridized carbons (Fsp3) is 0.524. The molecule has 0 radical (unpaired) electrons. The summed E-state index contributed by atoms with van der Waals surface area (Å²) >= 11 is 0. The Morgan fingerprint density at radius 3 is 2.79 bits per heavy atom. The van der Waals surface area contributed by atoms with Crippen LogP contribution in [-0.2, 0) is 12.8 Å². The Balaban J connectivity index is 1.53. The summed E-state index contributed by atoms with van der Waals surface area (Å²) in [6.07, 6.45) is 3.87. The molecule has 0 bridgehead atoms. The zero-order valence-corrected chi connectivity index (χ0v) is 16.7. The van der Waals surface area contributed by atoms with E-state index in [1.54, 1.807) is 0 Å². The summed E-state index contributed by atoms with van der Waals surface area (Å²) < 4.78 is 11.2. The average molecular weight is 384 g/mol. The molecule has 0 unspecified atom stereocenters. The number of amides is 1. The smallest absolute Gasteiger partial charge is 0.278 e. The van der Waals surface area contributed by atoms with Crippen molar-refractivity contribution >= 4 is 17.3 Å². The first-order chi connectivity index (χ1) is 13.7. The maximum absolute atomic E-state index is 12.8. The number of fused-ring (bicyclic) bond motifs is 1. The van der Waals surface area contributed by atoms with Gasteiger partial charge in [-0.3, -0.25) is 4.79 Å². The maximum atomic E-state index is 12.8. The second-order valence-electron chi connectivity index (χ2n) is 7.50. The SMILES string of the molecule is CCOc1cc(N2CCN(C)CC2)ccc1NC(=O)c1noc2c1CCCC2. The number of piperazine rings is 1. The molecule has 2 heterocycles. The summed E-state index contributed by atoms with van der Waals surface area (Å²) in [5, 5.41) is 7.00. The Bertz CT molecular complexity index is 840. The molecule has 150 valence electrons. The number of nitrogens with one attached hydrogen (secondary N) is 1. The third-order valence-electron chi connectivity index (χ3n) is 5.55. The van der Waals surface area contributed by atoms with Gasteiger partial charge in [0.1, 0.15) is 11.5 Å². The fourth-order valence-corrected chi connectivity index (χ4v) is 3.90.